The van der Waals surface area contributed by atoms with Gasteiger partial charge < -0.3 is 0 Å². The number of pyridine rings is 2. The van der Waals surface area contributed by atoms with E-state index in [1.165, 1.54) is 0 Å². The Morgan fingerprint density at radius 3 is 1.15 bits per heavy atom. The quantitative estimate of drug-likeness (QED) is 0.187. The molecule has 4 heteroatoms. The Kier molecular flexibility index (Phi) is 8.15. The van der Waals surface area contributed by atoms with Gasteiger partial charge in [0, 0.05) is 33.4 Å². The van der Waals surface area contributed by atoms with Crippen molar-refractivity contribution in [2.75, 3.05) is 0 Å². The molecule has 0 bridgehead atoms. The van der Waals surface area contributed by atoms with Gasteiger partial charge in [0.15, 0.2) is 0 Å². The Hall–Kier alpha value is -6.62. The van der Waals surface area contributed by atoms with Gasteiger partial charge >= 0.3 is 0 Å². The summed E-state index contributed by atoms with van der Waals surface area (Å²) in [7, 11) is 0. The molecular formula is C44H30N4. The predicted octanol–water partition coefficient (Wildman–Crippen LogP) is 10.8. The van der Waals surface area contributed by atoms with E-state index in [1.807, 2.05) is 91.0 Å². The third kappa shape index (κ3) is 5.87. The normalized spacial score (nSPS) is 10.7. The highest BCUT2D eigenvalue weighted by molar-refractivity contribution is 5.86. The van der Waals surface area contributed by atoms with Gasteiger partial charge in [0.1, 0.15) is 12.1 Å². The minimum Gasteiger partial charge on any atom is -0.246 e. The molecule has 0 saturated carbocycles. The maximum atomic E-state index is 10.4. The summed E-state index contributed by atoms with van der Waals surface area (Å²) in [5.74, 6) is 0. The van der Waals surface area contributed by atoms with Crippen molar-refractivity contribution in [3.05, 3.63) is 168 Å². The summed E-state index contributed by atoms with van der Waals surface area (Å²) in [6.45, 7) is 4.11. The van der Waals surface area contributed by atoms with E-state index in [-0.39, 0.29) is 0 Å². The van der Waals surface area contributed by atoms with Crippen molar-refractivity contribution in [2.45, 2.75) is 13.8 Å². The topological polar surface area (TPSA) is 73.4 Å². The van der Waals surface area contributed by atoms with Crippen LogP contribution in [0.2, 0.25) is 0 Å². The highest BCUT2D eigenvalue weighted by Gasteiger charge is 2.19. The molecule has 0 aliphatic heterocycles. The Morgan fingerprint density at radius 1 is 0.396 bits per heavy atom. The zero-order valence-corrected chi connectivity index (χ0v) is 26.6. The van der Waals surface area contributed by atoms with E-state index in [0.717, 1.165) is 67.0 Å². The van der Waals surface area contributed by atoms with E-state index in [9.17, 15) is 10.5 Å². The zero-order valence-electron chi connectivity index (χ0n) is 26.6. The van der Waals surface area contributed by atoms with Crippen LogP contribution in [0.25, 0.3) is 67.3 Å². The van der Waals surface area contributed by atoms with Crippen LogP contribution < -0.4 is 0 Å². The Bertz CT molecular complexity index is 2180. The van der Waals surface area contributed by atoms with Gasteiger partial charge in [0.25, 0.3) is 0 Å². The van der Waals surface area contributed by atoms with Gasteiger partial charge in [0.05, 0.1) is 33.9 Å². The average Bonchev–Trinajstić information content (AvgIpc) is 3.15. The number of aromatic nitrogens is 2. The van der Waals surface area contributed by atoms with Crippen molar-refractivity contribution in [2.24, 2.45) is 0 Å². The molecule has 0 N–H and O–H groups in total. The highest BCUT2D eigenvalue weighted by atomic mass is 14.7. The first-order valence-electron chi connectivity index (χ1n) is 15.8. The van der Waals surface area contributed by atoms with Crippen molar-refractivity contribution in [1.29, 1.82) is 10.5 Å². The molecule has 0 unspecified atom stereocenters. The van der Waals surface area contributed by atoms with Crippen LogP contribution in [-0.2, 0) is 0 Å². The molecule has 0 fully saturated rings. The molecule has 7 aromatic rings. The van der Waals surface area contributed by atoms with Crippen molar-refractivity contribution in [3.63, 3.8) is 0 Å². The van der Waals surface area contributed by atoms with E-state index in [2.05, 4.69) is 80.6 Å². The smallest absolute Gasteiger partial charge is 0.102 e. The lowest BCUT2D eigenvalue weighted by molar-refractivity contribution is 1.29. The monoisotopic (exact) mass is 614 g/mol. The largest absolute Gasteiger partial charge is 0.246 e. The predicted molar refractivity (Wildman–Crippen MR) is 194 cm³/mol. The van der Waals surface area contributed by atoms with Crippen LogP contribution >= 0.6 is 0 Å². The Morgan fingerprint density at radius 2 is 0.771 bits per heavy atom. The molecule has 0 spiro atoms. The number of hydrogen-bond acceptors (Lipinski definition) is 4. The minimum absolute atomic E-state index is 0.536. The third-order valence-corrected chi connectivity index (χ3v) is 8.54. The lowest BCUT2D eigenvalue weighted by atomic mass is 9.92. The molecule has 4 nitrogen and oxygen atoms in total. The number of aryl methyl sites for hydroxylation is 2. The maximum Gasteiger partial charge on any atom is 0.102 e. The standard InChI is InChI=1S/C44H30N4/c1-29-16-20-31(21-17-29)37-25-41(47-43(39(37)27-45)33-10-5-3-6-11-33)35-14-9-15-36(24-35)42-26-38(32-22-18-30(2)19-23-32)40(28-46)44(48-42)34-12-7-4-8-13-34/h3-26H,1-2H3. The third-order valence-electron chi connectivity index (χ3n) is 8.54. The lowest BCUT2D eigenvalue weighted by Gasteiger charge is -2.15. The van der Waals surface area contributed by atoms with Crippen LogP contribution in [0, 0.1) is 36.5 Å². The van der Waals surface area contributed by atoms with Gasteiger partial charge in [-0.1, -0.05) is 139 Å². The summed E-state index contributed by atoms with van der Waals surface area (Å²) in [5, 5.41) is 20.8. The fourth-order valence-corrected chi connectivity index (χ4v) is 5.98. The van der Waals surface area contributed by atoms with Gasteiger partial charge in [-0.05, 0) is 43.2 Å². The van der Waals surface area contributed by atoms with Crippen molar-refractivity contribution < 1.29 is 0 Å². The summed E-state index contributed by atoms with van der Waals surface area (Å²) in [4.78, 5) is 10.2. The second kappa shape index (κ2) is 13.0. The summed E-state index contributed by atoms with van der Waals surface area (Å²) in [5.41, 5.74) is 13.3. The van der Waals surface area contributed by atoms with E-state index < -0.39 is 0 Å². The van der Waals surface area contributed by atoms with E-state index in [1.54, 1.807) is 0 Å². The second-order valence-corrected chi connectivity index (χ2v) is 11.8. The van der Waals surface area contributed by atoms with Gasteiger partial charge in [-0.25, -0.2) is 9.97 Å². The molecule has 0 aliphatic rings. The molecule has 0 aliphatic carbocycles. The molecule has 48 heavy (non-hydrogen) atoms. The number of benzene rings is 5. The maximum absolute atomic E-state index is 10.4. The van der Waals surface area contributed by atoms with Crippen molar-refractivity contribution >= 4 is 0 Å². The van der Waals surface area contributed by atoms with Crippen LogP contribution in [0.3, 0.4) is 0 Å². The van der Waals surface area contributed by atoms with Crippen LogP contribution in [-0.4, -0.2) is 9.97 Å². The van der Waals surface area contributed by atoms with Crippen molar-refractivity contribution in [3.8, 4) is 79.4 Å². The number of hydrogen-bond donors (Lipinski definition) is 0. The van der Waals surface area contributed by atoms with Gasteiger partial charge in [0.2, 0.25) is 0 Å². The first kappa shape index (κ1) is 30.1. The first-order valence-corrected chi connectivity index (χ1v) is 15.8. The molecular weight excluding hydrogens is 585 g/mol. The Labute approximate surface area is 280 Å². The minimum atomic E-state index is 0.536. The molecule has 2 heterocycles. The molecule has 0 saturated heterocycles. The first-order chi connectivity index (χ1) is 23.5. The van der Waals surface area contributed by atoms with Crippen molar-refractivity contribution in [1.82, 2.24) is 9.97 Å². The van der Waals surface area contributed by atoms with Crippen LogP contribution in [0.15, 0.2) is 146 Å². The van der Waals surface area contributed by atoms with E-state index >= 15 is 0 Å². The van der Waals surface area contributed by atoms with Crippen LogP contribution in [0.4, 0.5) is 0 Å². The fourth-order valence-electron chi connectivity index (χ4n) is 5.98. The second-order valence-electron chi connectivity index (χ2n) is 11.8. The summed E-state index contributed by atoms with van der Waals surface area (Å²) >= 11 is 0. The lowest BCUT2D eigenvalue weighted by Crippen LogP contribution is -1.98. The zero-order chi connectivity index (χ0) is 33.0. The molecule has 0 atom stereocenters. The molecule has 226 valence electrons. The Balaban J connectivity index is 1.44. The SMILES string of the molecule is Cc1ccc(-c2cc(-c3cccc(-c4cc(-c5ccc(C)cc5)c(C#N)c(-c5ccccc5)n4)c3)nc(-c3ccccc3)c2C#N)cc1. The van der Waals surface area contributed by atoms with E-state index in [4.69, 9.17) is 9.97 Å². The molecule has 2 aromatic heterocycles. The summed E-state index contributed by atoms with van der Waals surface area (Å²) in [6.07, 6.45) is 0. The number of rotatable bonds is 6. The summed E-state index contributed by atoms with van der Waals surface area (Å²) in [6, 6.07) is 53.3. The molecule has 0 amide bonds. The van der Waals surface area contributed by atoms with Gasteiger partial charge in [-0.15, -0.1) is 0 Å². The molecule has 0 radical (unpaired) electrons. The molecule has 5 aromatic carbocycles. The number of nitriles is 2. The average molecular weight is 615 g/mol. The highest BCUT2D eigenvalue weighted by Crippen LogP contribution is 2.38. The fraction of sp³-hybridized carbons (Fsp3) is 0.0455. The van der Waals surface area contributed by atoms with Crippen LogP contribution in [0.5, 0.6) is 0 Å². The number of nitrogens with zero attached hydrogens (tertiary/aromatic N) is 4. The van der Waals surface area contributed by atoms with Gasteiger partial charge in [-0.3, -0.25) is 0 Å². The van der Waals surface area contributed by atoms with Gasteiger partial charge in [-0.2, -0.15) is 10.5 Å². The van der Waals surface area contributed by atoms with Crippen LogP contribution in [0.1, 0.15) is 22.3 Å². The summed E-state index contributed by atoms with van der Waals surface area (Å²) < 4.78 is 0. The van der Waals surface area contributed by atoms with E-state index in [0.29, 0.717) is 22.5 Å². The molecule has 7 rings (SSSR count).